The van der Waals surface area contributed by atoms with Gasteiger partial charge in [0.25, 0.3) is 0 Å². The maximum absolute atomic E-state index is 13.8. The highest BCUT2D eigenvalue weighted by molar-refractivity contribution is 6.83. The number of benzene rings is 1. The van der Waals surface area contributed by atoms with E-state index in [4.69, 9.17) is 4.74 Å². The molecule has 0 saturated heterocycles. The van der Waals surface area contributed by atoms with E-state index in [1.807, 2.05) is 19.6 Å². The third-order valence-electron chi connectivity index (χ3n) is 2.58. The smallest absolute Gasteiger partial charge is 0.310 e. The van der Waals surface area contributed by atoms with Crippen molar-refractivity contribution in [1.29, 1.82) is 0 Å². The molecule has 0 N–H and O–H groups in total. The summed E-state index contributed by atoms with van der Waals surface area (Å²) in [5, 5.41) is 10.8. The molecule has 1 aromatic rings. The van der Waals surface area contributed by atoms with Crippen LogP contribution in [-0.4, -0.2) is 25.6 Å². The zero-order valence-corrected chi connectivity index (χ0v) is 14.0. The van der Waals surface area contributed by atoms with E-state index in [1.54, 1.807) is 6.92 Å². The Hall–Kier alpha value is -2.20. The molecular formula is C15H18FNO4Si. The molecule has 0 aliphatic rings. The molecular weight excluding hydrogens is 305 g/mol. The minimum absolute atomic E-state index is 0.176. The minimum atomic E-state index is -1.70. The molecule has 1 aromatic carbocycles. The average Bonchev–Trinajstić information content (AvgIpc) is 2.37. The number of rotatable bonds is 4. The van der Waals surface area contributed by atoms with Crippen LogP contribution in [0.5, 0.6) is 0 Å². The molecule has 0 bridgehead atoms. The van der Waals surface area contributed by atoms with Crippen LogP contribution < -0.4 is 0 Å². The summed E-state index contributed by atoms with van der Waals surface area (Å²) in [5.74, 6) is 1.36. The van der Waals surface area contributed by atoms with E-state index in [-0.39, 0.29) is 13.0 Å². The van der Waals surface area contributed by atoms with Crippen LogP contribution in [0.4, 0.5) is 10.1 Å². The SMILES string of the molecule is CCOC(=O)Cc1cc([N+](=O)[O-])c(F)cc1C#C[Si](C)(C)C. The predicted molar refractivity (Wildman–Crippen MR) is 83.6 cm³/mol. The number of nitro benzene ring substituents is 1. The zero-order chi connectivity index (χ0) is 16.9. The van der Waals surface area contributed by atoms with E-state index < -0.39 is 30.5 Å². The number of nitrogens with zero attached hydrogens (tertiary/aromatic N) is 1. The molecule has 0 saturated carbocycles. The van der Waals surface area contributed by atoms with Crippen molar-refractivity contribution in [2.75, 3.05) is 6.61 Å². The third kappa shape index (κ3) is 5.29. The molecule has 0 aliphatic heterocycles. The highest BCUT2D eigenvalue weighted by Gasteiger charge is 2.20. The van der Waals surface area contributed by atoms with Crippen molar-refractivity contribution in [2.24, 2.45) is 0 Å². The second kappa shape index (κ2) is 7.18. The summed E-state index contributed by atoms with van der Waals surface area (Å²) in [4.78, 5) is 21.6. The molecule has 0 aromatic heterocycles. The van der Waals surface area contributed by atoms with Crippen molar-refractivity contribution < 1.29 is 18.8 Å². The lowest BCUT2D eigenvalue weighted by molar-refractivity contribution is -0.387. The van der Waals surface area contributed by atoms with Gasteiger partial charge in [-0.2, -0.15) is 4.39 Å². The van der Waals surface area contributed by atoms with Crippen LogP contribution in [-0.2, 0) is 16.0 Å². The first kappa shape index (κ1) is 17.8. The number of hydrogen-bond donors (Lipinski definition) is 0. The number of halogens is 1. The Morgan fingerprint density at radius 1 is 1.41 bits per heavy atom. The van der Waals surface area contributed by atoms with Gasteiger partial charge in [-0.3, -0.25) is 14.9 Å². The second-order valence-corrected chi connectivity index (χ2v) is 10.4. The van der Waals surface area contributed by atoms with Crippen LogP contribution in [0, 0.1) is 27.4 Å². The summed E-state index contributed by atoms with van der Waals surface area (Å²) in [6, 6.07) is 2.07. The molecule has 0 spiro atoms. The van der Waals surface area contributed by atoms with E-state index in [1.165, 1.54) is 0 Å². The number of carbonyl (C=O) groups is 1. The molecule has 5 nitrogen and oxygen atoms in total. The van der Waals surface area contributed by atoms with Crippen molar-refractivity contribution in [2.45, 2.75) is 33.0 Å². The van der Waals surface area contributed by atoms with Gasteiger partial charge in [-0.25, -0.2) is 0 Å². The number of esters is 1. The predicted octanol–water partition coefficient (Wildman–Crippen LogP) is 3.07. The van der Waals surface area contributed by atoms with Crippen LogP contribution in [0.15, 0.2) is 12.1 Å². The van der Waals surface area contributed by atoms with Gasteiger partial charge in [0.15, 0.2) is 0 Å². The Labute approximate surface area is 129 Å². The summed E-state index contributed by atoms with van der Waals surface area (Å²) in [6.07, 6.45) is -0.176. The maximum atomic E-state index is 13.8. The van der Waals surface area contributed by atoms with Gasteiger partial charge < -0.3 is 4.74 Å². The number of ether oxygens (including phenoxy) is 1. The lowest BCUT2D eigenvalue weighted by Gasteiger charge is -2.07. The largest absolute Gasteiger partial charge is 0.466 e. The quantitative estimate of drug-likeness (QED) is 0.281. The first-order chi connectivity index (χ1) is 10.1. The van der Waals surface area contributed by atoms with Crippen molar-refractivity contribution in [3.8, 4) is 11.5 Å². The molecule has 0 radical (unpaired) electrons. The van der Waals surface area contributed by atoms with Crippen LogP contribution in [0.2, 0.25) is 19.6 Å². The van der Waals surface area contributed by atoms with Gasteiger partial charge in [-0.15, -0.1) is 5.54 Å². The molecule has 0 aliphatic carbocycles. The molecule has 0 heterocycles. The van der Waals surface area contributed by atoms with Gasteiger partial charge in [-0.05, 0) is 18.6 Å². The van der Waals surface area contributed by atoms with Crippen LogP contribution in [0.1, 0.15) is 18.1 Å². The van der Waals surface area contributed by atoms with E-state index >= 15 is 0 Å². The fraction of sp³-hybridized carbons (Fsp3) is 0.400. The Bertz CT molecular complexity index is 656. The zero-order valence-electron chi connectivity index (χ0n) is 13.0. The van der Waals surface area contributed by atoms with Crippen molar-refractivity contribution in [3.05, 3.63) is 39.2 Å². The van der Waals surface area contributed by atoms with Crippen molar-refractivity contribution >= 4 is 19.7 Å². The highest BCUT2D eigenvalue weighted by Crippen LogP contribution is 2.23. The first-order valence-corrected chi connectivity index (χ1v) is 10.3. The van der Waals surface area contributed by atoms with Crippen LogP contribution in [0.25, 0.3) is 0 Å². The normalized spacial score (nSPS) is 10.6. The Kier molecular flexibility index (Phi) is 5.82. The molecule has 1 rings (SSSR count). The lowest BCUT2D eigenvalue weighted by atomic mass is 10.0. The highest BCUT2D eigenvalue weighted by atomic mass is 28.3. The molecule has 0 unspecified atom stereocenters. The van der Waals surface area contributed by atoms with Gasteiger partial charge >= 0.3 is 11.7 Å². The molecule has 0 amide bonds. The van der Waals surface area contributed by atoms with E-state index in [2.05, 4.69) is 11.5 Å². The Morgan fingerprint density at radius 3 is 2.55 bits per heavy atom. The molecule has 0 fully saturated rings. The van der Waals surface area contributed by atoms with Crippen LogP contribution in [0.3, 0.4) is 0 Å². The Morgan fingerprint density at radius 2 is 2.05 bits per heavy atom. The lowest BCUT2D eigenvalue weighted by Crippen LogP contribution is -2.16. The van der Waals surface area contributed by atoms with Crippen molar-refractivity contribution in [1.82, 2.24) is 0 Å². The standard InChI is InChI=1S/C15H18FNO4Si/c1-5-21-15(18)10-12-9-14(17(19)20)13(16)8-11(12)6-7-22(2,3)4/h8-9H,5,10H2,1-4H3. The van der Waals surface area contributed by atoms with Gasteiger partial charge in [0.2, 0.25) is 5.82 Å². The summed E-state index contributed by atoms with van der Waals surface area (Å²) in [5.41, 5.74) is 2.98. The van der Waals surface area contributed by atoms with Gasteiger partial charge in [0.05, 0.1) is 18.0 Å². The number of carbonyl (C=O) groups excluding carboxylic acids is 1. The minimum Gasteiger partial charge on any atom is -0.466 e. The van der Waals surface area contributed by atoms with E-state index in [0.717, 1.165) is 12.1 Å². The van der Waals surface area contributed by atoms with Gasteiger partial charge in [0, 0.05) is 11.6 Å². The summed E-state index contributed by atoms with van der Waals surface area (Å²) in [7, 11) is -1.70. The monoisotopic (exact) mass is 323 g/mol. The molecule has 0 atom stereocenters. The first-order valence-electron chi connectivity index (χ1n) is 6.79. The maximum Gasteiger partial charge on any atom is 0.310 e. The molecule has 118 valence electrons. The van der Waals surface area contributed by atoms with E-state index in [9.17, 15) is 19.3 Å². The van der Waals surface area contributed by atoms with Crippen molar-refractivity contribution in [3.63, 3.8) is 0 Å². The fourth-order valence-electron chi connectivity index (χ4n) is 1.63. The fourth-order valence-corrected chi connectivity index (χ4v) is 2.14. The topological polar surface area (TPSA) is 69.4 Å². The van der Waals surface area contributed by atoms with Gasteiger partial charge in [0.1, 0.15) is 8.07 Å². The average molecular weight is 323 g/mol. The summed E-state index contributed by atoms with van der Waals surface area (Å²) in [6.45, 7) is 7.93. The summed E-state index contributed by atoms with van der Waals surface area (Å²) >= 11 is 0. The Balaban J connectivity index is 3.33. The van der Waals surface area contributed by atoms with Gasteiger partial charge in [-0.1, -0.05) is 25.6 Å². The van der Waals surface area contributed by atoms with E-state index in [0.29, 0.717) is 11.1 Å². The summed E-state index contributed by atoms with van der Waals surface area (Å²) < 4.78 is 18.6. The number of hydrogen-bond acceptors (Lipinski definition) is 4. The van der Waals surface area contributed by atoms with Crippen LogP contribution >= 0.6 is 0 Å². The third-order valence-corrected chi connectivity index (χ3v) is 3.46. The molecule has 7 heteroatoms. The molecule has 22 heavy (non-hydrogen) atoms. The number of nitro groups is 1. The second-order valence-electron chi connectivity index (χ2n) is 5.70.